The minimum atomic E-state index is -3.73. The van der Waals surface area contributed by atoms with Gasteiger partial charge in [0.05, 0.1) is 16.5 Å². The summed E-state index contributed by atoms with van der Waals surface area (Å²) >= 11 is 0. The molecule has 1 aromatic rings. The number of hydrogen-bond acceptors (Lipinski definition) is 4. The summed E-state index contributed by atoms with van der Waals surface area (Å²) in [6.07, 6.45) is -0.0748. The normalized spacial score (nSPS) is 12.7. The highest BCUT2D eigenvalue weighted by Gasteiger charge is 2.20. The number of aryl methyl sites for hydroxylation is 1. The van der Waals surface area contributed by atoms with Crippen LogP contribution in [0, 0.1) is 18.3 Å². The SMILES string of the molecule is Cc1cc(C#N)ccc1S(=O)(=O)NC(C)CC(N)=O. The lowest BCUT2D eigenvalue weighted by Gasteiger charge is -2.14. The van der Waals surface area contributed by atoms with E-state index in [-0.39, 0.29) is 11.3 Å². The van der Waals surface area contributed by atoms with Crippen molar-refractivity contribution in [2.75, 3.05) is 0 Å². The van der Waals surface area contributed by atoms with Crippen LogP contribution in [0.1, 0.15) is 24.5 Å². The van der Waals surface area contributed by atoms with E-state index in [0.717, 1.165) is 0 Å². The first-order valence-electron chi connectivity index (χ1n) is 5.57. The maximum atomic E-state index is 12.1. The van der Waals surface area contributed by atoms with Crippen LogP contribution in [0.3, 0.4) is 0 Å². The van der Waals surface area contributed by atoms with E-state index in [1.54, 1.807) is 13.8 Å². The molecule has 0 aliphatic carbocycles. The molecule has 102 valence electrons. The van der Waals surface area contributed by atoms with Crippen LogP contribution in [-0.4, -0.2) is 20.4 Å². The zero-order chi connectivity index (χ0) is 14.6. The second-order valence-electron chi connectivity index (χ2n) is 4.28. The van der Waals surface area contributed by atoms with Crippen molar-refractivity contribution in [3.05, 3.63) is 29.3 Å². The molecule has 1 aromatic carbocycles. The van der Waals surface area contributed by atoms with Crippen LogP contribution in [-0.2, 0) is 14.8 Å². The molecule has 0 aromatic heterocycles. The van der Waals surface area contributed by atoms with Gasteiger partial charge in [0.25, 0.3) is 0 Å². The standard InChI is InChI=1S/C12H15N3O3S/c1-8-5-10(7-13)3-4-11(8)19(17,18)15-9(2)6-12(14)16/h3-5,9,15H,6H2,1-2H3,(H2,14,16). The Labute approximate surface area is 112 Å². The van der Waals surface area contributed by atoms with E-state index in [1.807, 2.05) is 6.07 Å². The van der Waals surface area contributed by atoms with Gasteiger partial charge in [0.15, 0.2) is 0 Å². The zero-order valence-electron chi connectivity index (χ0n) is 10.7. The van der Waals surface area contributed by atoms with Gasteiger partial charge in [-0.25, -0.2) is 13.1 Å². The molecule has 1 atom stereocenters. The number of nitrogens with one attached hydrogen (secondary N) is 1. The third-order valence-electron chi connectivity index (χ3n) is 2.46. The molecule has 0 aliphatic rings. The molecule has 0 aliphatic heterocycles. The third kappa shape index (κ3) is 4.05. The first-order chi connectivity index (χ1) is 8.76. The van der Waals surface area contributed by atoms with Crippen LogP contribution >= 0.6 is 0 Å². The fraction of sp³-hybridized carbons (Fsp3) is 0.333. The number of sulfonamides is 1. The molecule has 0 heterocycles. The first kappa shape index (κ1) is 15.1. The molecule has 6 nitrogen and oxygen atoms in total. The summed E-state index contributed by atoms with van der Waals surface area (Å²) in [5.74, 6) is -0.577. The van der Waals surface area contributed by atoms with E-state index in [0.29, 0.717) is 11.1 Å². The second kappa shape index (κ2) is 5.82. The van der Waals surface area contributed by atoms with Gasteiger partial charge in [-0.2, -0.15) is 5.26 Å². The fourth-order valence-electron chi connectivity index (χ4n) is 1.69. The molecule has 0 radical (unpaired) electrons. The Balaban J connectivity index is 3.01. The molecule has 3 N–H and O–H groups in total. The number of primary amides is 1. The van der Waals surface area contributed by atoms with Crippen molar-refractivity contribution < 1.29 is 13.2 Å². The van der Waals surface area contributed by atoms with Gasteiger partial charge >= 0.3 is 0 Å². The van der Waals surface area contributed by atoms with E-state index >= 15 is 0 Å². The molecule has 0 saturated heterocycles. The van der Waals surface area contributed by atoms with Crippen LogP contribution in [0.5, 0.6) is 0 Å². The molecule has 0 spiro atoms. The van der Waals surface area contributed by atoms with Crippen LogP contribution in [0.2, 0.25) is 0 Å². The summed E-state index contributed by atoms with van der Waals surface area (Å²) in [4.78, 5) is 10.8. The number of rotatable bonds is 5. The van der Waals surface area contributed by atoms with Gasteiger partial charge in [0, 0.05) is 12.5 Å². The van der Waals surface area contributed by atoms with Crippen molar-refractivity contribution in [2.24, 2.45) is 5.73 Å². The molecule has 0 fully saturated rings. The number of amides is 1. The fourth-order valence-corrected chi connectivity index (χ4v) is 3.16. The Bertz CT molecular complexity index is 632. The highest BCUT2D eigenvalue weighted by atomic mass is 32.2. The average Bonchev–Trinajstić information content (AvgIpc) is 2.26. The zero-order valence-corrected chi connectivity index (χ0v) is 11.5. The monoisotopic (exact) mass is 281 g/mol. The number of nitrogens with two attached hydrogens (primary N) is 1. The van der Waals surface area contributed by atoms with Crippen molar-refractivity contribution in [3.8, 4) is 6.07 Å². The maximum Gasteiger partial charge on any atom is 0.241 e. The smallest absolute Gasteiger partial charge is 0.241 e. The molecule has 0 saturated carbocycles. The quantitative estimate of drug-likeness (QED) is 0.813. The first-order valence-corrected chi connectivity index (χ1v) is 7.06. The van der Waals surface area contributed by atoms with Crippen molar-refractivity contribution in [3.63, 3.8) is 0 Å². The summed E-state index contributed by atoms with van der Waals surface area (Å²) < 4.78 is 26.6. The Morgan fingerprint density at radius 2 is 2.16 bits per heavy atom. The molecular weight excluding hydrogens is 266 g/mol. The Kier molecular flexibility index (Phi) is 4.64. The van der Waals surface area contributed by atoms with Crippen molar-refractivity contribution in [1.29, 1.82) is 5.26 Å². The Morgan fingerprint density at radius 1 is 1.53 bits per heavy atom. The number of carbonyl (C=O) groups excluding carboxylic acids is 1. The molecule has 1 amide bonds. The number of nitriles is 1. The minimum Gasteiger partial charge on any atom is -0.370 e. The summed E-state index contributed by atoms with van der Waals surface area (Å²) in [5.41, 5.74) is 5.87. The molecule has 1 unspecified atom stereocenters. The molecule has 0 bridgehead atoms. The third-order valence-corrected chi connectivity index (χ3v) is 4.21. The lowest BCUT2D eigenvalue weighted by molar-refractivity contribution is -0.118. The van der Waals surface area contributed by atoms with Gasteiger partial charge in [-0.05, 0) is 37.6 Å². The predicted molar refractivity (Wildman–Crippen MR) is 69.5 cm³/mol. The Morgan fingerprint density at radius 3 is 2.63 bits per heavy atom. The van der Waals surface area contributed by atoms with Gasteiger partial charge in [-0.15, -0.1) is 0 Å². The Hall–Kier alpha value is -1.91. The van der Waals surface area contributed by atoms with Crippen molar-refractivity contribution in [1.82, 2.24) is 4.72 Å². The maximum absolute atomic E-state index is 12.1. The van der Waals surface area contributed by atoms with Gasteiger partial charge in [-0.3, -0.25) is 4.79 Å². The molecule has 19 heavy (non-hydrogen) atoms. The minimum absolute atomic E-state index is 0.0748. The number of hydrogen-bond donors (Lipinski definition) is 2. The summed E-state index contributed by atoms with van der Waals surface area (Å²) in [5, 5.41) is 8.73. The van der Waals surface area contributed by atoms with E-state index in [4.69, 9.17) is 11.0 Å². The van der Waals surface area contributed by atoms with Gasteiger partial charge < -0.3 is 5.73 Å². The van der Waals surface area contributed by atoms with Gasteiger partial charge in [0.2, 0.25) is 15.9 Å². The molecule has 7 heteroatoms. The molecule has 1 rings (SSSR count). The largest absolute Gasteiger partial charge is 0.370 e. The van der Waals surface area contributed by atoms with Crippen molar-refractivity contribution in [2.45, 2.75) is 31.2 Å². The molecular formula is C12H15N3O3S. The van der Waals surface area contributed by atoms with E-state index in [1.165, 1.54) is 18.2 Å². The average molecular weight is 281 g/mol. The van der Waals surface area contributed by atoms with E-state index in [9.17, 15) is 13.2 Å². The number of benzene rings is 1. The number of carbonyl (C=O) groups is 1. The highest BCUT2D eigenvalue weighted by molar-refractivity contribution is 7.89. The van der Waals surface area contributed by atoms with Crippen molar-refractivity contribution >= 4 is 15.9 Å². The lowest BCUT2D eigenvalue weighted by Crippen LogP contribution is -2.36. The summed E-state index contributed by atoms with van der Waals surface area (Å²) in [6.45, 7) is 3.16. The summed E-state index contributed by atoms with van der Waals surface area (Å²) in [7, 11) is -3.73. The van der Waals surface area contributed by atoms with E-state index < -0.39 is 22.0 Å². The topological polar surface area (TPSA) is 113 Å². The van der Waals surface area contributed by atoms with Crippen LogP contribution in [0.4, 0.5) is 0 Å². The van der Waals surface area contributed by atoms with Gasteiger partial charge in [-0.1, -0.05) is 0 Å². The lowest BCUT2D eigenvalue weighted by atomic mass is 10.2. The second-order valence-corrected chi connectivity index (χ2v) is 5.97. The van der Waals surface area contributed by atoms with Gasteiger partial charge in [0.1, 0.15) is 0 Å². The van der Waals surface area contributed by atoms with Crippen LogP contribution < -0.4 is 10.5 Å². The van der Waals surface area contributed by atoms with Crippen LogP contribution in [0.25, 0.3) is 0 Å². The summed E-state index contributed by atoms with van der Waals surface area (Å²) in [6, 6.07) is 5.64. The highest BCUT2D eigenvalue weighted by Crippen LogP contribution is 2.17. The van der Waals surface area contributed by atoms with Crippen LogP contribution in [0.15, 0.2) is 23.1 Å². The van der Waals surface area contributed by atoms with E-state index in [2.05, 4.69) is 4.72 Å². The predicted octanol–water partition coefficient (Wildman–Crippen LogP) is 0.409. The number of nitrogens with zero attached hydrogens (tertiary/aromatic N) is 1.